The molecule has 0 spiro atoms. The molecule has 104 valence electrons. The number of ketones is 1. The van der Waals surface area contributed by atoms with E-state index in [4.69, 9.17) is 0 Å². The van der Waals surface area contributed by atoms with Gasteiger partial charge in [0.2, 0.25) is 0 Å². The quantitative estimate of drug-likeness (QED) is 0.775. The number of halogens is 2. The molecule has 0 radical (unpaired) electrons. The minimum atomic E-state index is -0.283. The van der Waals surface area contributed by atoms with Gasteiger partial charge in [-0.25, -0.2) is 8.78 Å². The van der Waals surface area contributed by atoms with E-state index < -0.39 is 0 Å². The van der Waals surface area contributed by atoms with Crippen molar-refractivity contribution in [1.29, 1.82) is 0 Å². The third-order valence-electron chi connectivity index (χ3n) is 3.26. The smallest absolute Gasteiger partial charge is 0.133 e. The Hall–Kier alpha value is -2.03. The first kappa shape index (κ1) is 14.4. The second-order valence-electron chi connectivity index (χ2n) is 4.72. The molecule has 2 rings (SSSR count). The van der Waals surface area contributed by atoms with Crippen LogP contribution >= 0.6 is 0 Å². The molecule has 0 bridgehead atoms. The molecule has 0 aliphatic carbocycles. The van der Waals surface area contributed by atoms with Crippen molar-refractivity contribution >= 4 is 5.78 Å². The summed E-state index contributed by atoms with van der Waals surface area (Å²) in [5.74, 6) is -0.541. The molecule has 2 aromatic rings. The summed E-state index contributed by atoms with van der Waals surface area (Å²) < 4.78 is 26.8. The molecule has 0 aliphatic heterocycles. The lowest BCUT2D eigenvalue weighted by Gasteiger charge is -2.04. The summed E-state index contributed by atoms with van der Waals surface area (Å²) in [6.07, 6.45) is 1.36. The molecule has 0 N–H and O–H groups in total. The third kappa shape index (κ3) is 3.98. The Kier molecular flexibility index (Phi) is 4.99. The number of hydrogen-bond donors (Lipinski definition) is 0. The Morgan fingerprint density at radius 1 is 0.750 bits per heavy atom. The second kappa shape index (κ2) is 6.94. The maximum absolute atomic E-state index is 13.4. The van der Waals surface area contributed by atoms with Crippen LogP contribution in [-0.2, 0) is 17.6 Å². The monoisotopic (exact) mass is 274 g/mol. The molecule has 0 saturated carbocycles. The largest absolute Gasteiger partial charge is 0.300 e. The van der Waals surface area contributed by atoms with Gasteiger partial charge in [-0.3, -0.25) is 4.79 Å². The zero-order valence-electron chi connectivity index (χ0n) is 11.1. The second-order valence-corrected chi connectivity index (χ2v) is 4.72. The van der Waals surface area contributed by atoms with Crippen LogP contribution in [0.2, 0.25) is 0 Å². The van der Waals surface area contributed by atoms with Gasteiger partial charge in [0.1, 0.15) is 17.4 Å². The molecular formula is C17H16F2O. The lowest BCUT2D eigenvalue weighted by atomic mass is 10.0. The van der Waals surface area contributed by atoms with Gasteiger partial charge in [0.15, 0.2) is 0 Å². The van der Waals surface area contributed by atoms with E-state index in [1.807, 2.05) is 0 Å². The van der Waals surface area contributed by atoms with Gasteiger partial charge in [-0.15, -0.1) is 0 Å². The third-order valence-corrected chi connectivity index (χ3v) is 3.26. The highest BCUT2D eigenvalue weighted by Crippen LogP contribution is 2.12. The maximum atomic E-state index is 13.4. The molecule has 20 heavy (non-hydrogen) atoms. The van der Waals surface area contributed by atoms with Crippen molar-refractivity contribution in [2.45, 2.75) is 25.7 Å². The molecule has 2 aromatic carbocycles. The number of carbonyl (C=O) groups is 1. The molecule has 0 aromatic heterocycles. The van der Waals surface area contributed by atoms with Gasteiger partial charge in [-0.05, 0) is 36.1 Å². The predicted molar refractivity (Wildman–Crippen MR) is 74.4 cm³/mol. The number of carbonyl (C=O) groups excluding carboxylic acids is 1. The average molecular weight is 274 g/mol. The summed E-state index contributed by atoms with van der Waals surface area (Å²) >= 11 is 0. The fraction of sp³-hybridized carbons (Fsp3) is 0.235. The Morgan fingerprint density at radius 3 is 1.55 bits per heavy atom. The van der Waals surface area contributed by atoms with Crippen LogP contribution in [0.3, 0.4) is 0 Å². The summed E-state index contributed by atoms with van der Waals surface area (Å²) in [5.41, 5.74) is 1.10. The SMILES string of the molecule is O=C(CCc1ccccc1F)CCc1ccccc1F. The normalized spacial score (nSPS) is 10.5. The van der Waals surface area contributed by atoms with Gasteiger partial charge in [0, 0.05) is 12.8 Å². The Bertz CT molecular complexity index is 542. The van der Waals surface area contributed by atoms with Crippen molar-refractivity contribution in [2.75, 3.05) is 0 Å². The van der Waals surface area contributed by atoms with Gasteiger partial charge in [-0.2, -0.15) is 0 Å². The highest BCUT2D eigenvalue weighted by Gasteiger charge is 2.08. The van der Waals surface area contributed by atoms with Gasteiger partial charge in [0.25, 0.3) is 0 Å². The fourth-order valence-corrected chi connectivity index (χ4v) is 2.08. The van der Waals surface area contributed by atoms with E-state index in [2.05, 4.69) is 0 Å². The Labute approximate surface area is 117 Å². The summed E-state index contributed by atoms with van der Waals surface area (Å²) in [6, 6.07) is 12.9. The van der Waals surface area contributed by atoms with E-state index in [9.17, 15) is 13.6 Å². The first-order valence-corrected chi connectivity index (χ1v) is 6.65. The number of aryl methyl sites for hydroxylation is 2. The Balaban J connectivity index is 1.82. The molecule has 0 amide bonds. The van der Waals surface area contributed by atoms with Crippen LogP contribution in [0.15, 0.2) is 48.5 Å². The van der Waals surface area contributed by atoms with Crippen molar-refractivity contribution in [1.82, 2.24) is 0 Å². The van der Waals surface area contributed by atoms with Crippen LogP contribution in [0.5, 0.6) is 0 Å². The van der Waals surface area contributed by atoms with Crippen molar-refractivity contribution in [3.8, 4) is 0 Å². The van der Waals surface area contributed by atoms with Crippen LogP contribution in [0.1, 0.15) is 24.0 Å². The number of rotatable bonds is 6. The topological polar surface area (TPSA) is 17.1 Å². The molecule has 0 saturated heterocycles. The average Bonchev–Trinajstić information content (AvgIpc) is 2.45. The summed E-state index contributed by atoms with van der Waals surface area (Å²) in [5, 5.41) is 0. The maximum Gasteiger partial charge on any atom is 0.133 e. The number of benzene rings is 2. The van der Waals surface area contributed by atoms with Gasteiger partial charge in [-0.1, -0.05) is 36.4 Å². The van der Waals surface area contributed by atoms with E-state index in [1.165, 1.54) is 12.1 Å². The van der Waals surface area contributed by atoms with E-state index in [1.54, 1.807) is 36.4 Å². The predicted octanol–water partition coefficient (Wildman–Crippen LogP) is 4.10. The van der Waals surface area contributed by atoms with Crippen LogP contribution in [-0.4, -0.2) is 5.78 Å². The lowest BCUT2D eigenvalue weighted by Crippen LogP contribution is -2.04. The van der Waals surface area contributed by atoms with Gasteiger partial charge in [0.05, 0.1) is 0 Å². The van der Waals surface area contributed by atoms with E-state index >= 15 is 0 Å². The van der Waals surface area contributed by atoms with Crippen molar-refractivity contribution < 1.29 is 13.6 Å². The zero-order valence-corrected chi connectivity index (χ0v) is 11.1. The zero-order chi connectivity index (χ0) is 14.4. The van der Waals surface area contributed by atoms with Gasteiger partial charge < -0.3 is 0 Å². The van der Waals surface area contributed by atoms with Crippen molar-refractivity contribution in [2.24, 2.45) is 0 Å². The first-order chi connectivity index (χ1) is 9.66. The highest BCUT2D eigenvalue weighted by atomic mass is 19.1. The molecule has 0 fully saturated rings. The number of hydrogen-bond acceptors (Lipinski definition) is 1. The molecule has 1 nitrogen and oxygen atoms in total. The van der Waals surface area contributed by atoms with Gasteiger partial charge >= 0.3 is 0 Å². The molecule has 0 atom stereocenters. The number of Topliss-reactive ketones (excluding diaryl/α,β-unsaturated/α-hetero) is 1. The van der Waals surface area contributed by atoms with Crippen LogP contribution in [0, 0.1) is 11.6 Å². The minimum absolute atomic E-state index is 0.0245. The van der Waals surface area contributed by atoms with Crippen molar-refractivity contribution in [3.05, 3.63) is 71.3 Å². The Morgan fingerprint density at radius 2 is 1.15 bits per heavy atom. The van der Waals surface area contributed by atoms with E-state index in [-0.39, 0.29) is 30.3 Å². The highest BCUT2D eigenvalue weighted by molar-refractivity contribution is 5.78. The lowest BCUT2D eigenvalue weighted by molar-refractivity contribution is -0.119. The molecule has 3 heteroatoms. The van der Waals surface area contributed by atoms with E-state index in [0.717, 1.165) is 0 Å². The first-order valence-electron chi connectivity index (χ1n) is 6.65. The molecule has 0 heterocycles. The van der Waals surface area contributed by atoms with Crippen LogP contribution in [0.25, 0.3) is 0 Å². The summed E-state index contributed by atoms with van der Waals surface area (Å²) in [6.45, 7) is 0. The fourth-order valence-electron chi connectivity index (χ4n) is 2.08. The minimum Gasteiger partial charge on any atom is -0.300 e. The summed E-state index contributed by atoms with van der Waals surface area (Å²) in [7, 11) is 0. The van der Waals surface area contributed by atoms with Crippen molar-refractivity contribution in [3.63, 3.8) is 0 Å². The van der Waals surface area contributed by atoms with Crippen LogP contribution < -0.4 is 0 Å². The molecular weight excluding hydrogens is 258 g/mol. The molecule has 0 aliphatic rings. The molecule has 0 unspecified atom stereocenters. The summed E-state index contributed by atoms with van der Waals surface area (Å²) in [4.78, 5) is 11.8. The van der Waals surface area contributed by atoms with Crippen LogP contribution in [0.4, 0.5) is 8.78 Å². The standard InChI is InChI=1S/C17H16F2O/c18-16-7-3-1-5-13(16)9-11-15(20)12-10-14-6-2-4-8-17(14)19/h1-8H,9-12H2. The van der Waals surface area contributed by atoms with E-state index in [0.29, 0.717) is 24.0 Å².